The molecule has 0 spiro atoms. The van der Waals surface area contributed by atoms with Crippen LogP contribution in [0.2, 0.25) is 0 Å². The summed E-state index contributed by atoms with van der Waals surface area (Å²) in [5, 5.41) is 1.19. The highest BCUT2D eigenvalue weighted by Gasteiger charge is 1.97. The Balaban J connectivity index is 2.03. The van der Waals surface area contributed by atoms with E-state index < -0.39 is 0 Å². The maximum atomic E-state index is 4.36. The van der Waals surface area contributed by atoms with Gasteiger partial charge in [0.2, 0.25) is 0 Å². The number of fused-ring (bicyclic) bond motifs is 1. The predicted molar refractivity (Wildman–Crippen MR) is 77.1 cm³/mol. The number of hydrogen-bond donors (Lipinski definition) is 0. The Morgan fingerprint density at radius 1 is 0.722 bits per heavy atom. The van der Waals surface area contributed by atoms with E-state index in [4.69, 9.17) is 0 Å². The Morgan fingerprint density at radius 2 is 1.50 bits per heavy atom. The molecule has 0 amide bonds. The second-order valence-corrected chi connectivity index (χ2v) is 4.16. The van der Waals surface area contributed by atoms with Crippen LogP contribution < -0.4 is 0 Å². The molecule has 0 N–H and O–H groups in total. The summed E-state index contributed by atoms with van der Waals surface area (Å²) >= 11 is 0. The van der Waals surface area contributed by atoms with Crippen molar-refractivity contribution in [2.75, 3.05) is 0 Å². The molecule has 0 aliphatic heterocycles. The van der Waals surface area contributed by atoms with Gasteiger partial charge in [-0.1, -0.05) is 60.7 Å². The number of hydrogen-bond acceptors (Lipinski definition) is 1. The first-order valence-electron chi connectivity index (χ1n) is 6.00. The Kier molecular flexibility index (Phi) is 2.89. The number of aromatic nitrogens is 1. The molecule has 18 heavy (non-hydrogen) atoms. The van der Waals surface area contributed by atoms with E-state index in [-0.39, 0.29) is 0 Å². The molecule has 3 rings (SSSR count). The molecular formula is C17H13N. The van der Waals surface area contributed by atoms with Crippen LogP contribution in [0.15, 0.2) is 66.9 Å². The highest BCUT2D eigenvalue weighted by molar-refractivity contribution is 5.90. The molecule has 86 valence electrons. The van der Waals surface area contributed by atoms with Crippen molar-refractivity contribution < 1.29 is 0 Å². The minimum Gasteiger partial charge on any atom is -0.256 e. The summed E-state index contributed by atoms with van der Waals surface area (Å²) in [4.78, 5) is 4.36. The van der Waals surface area contributed by atoms with E-state index in [1.165, 1.54) is 16.5 Å². The van der Waals surface area contributed by atoms with Crippen molar-refractivity contribution in [1.29, 1.82) is 0 Å². The molecule has 1 nitrogen and oxygen atoms in total. The quantitative estimate of drug-likeness (QED) is 0.636. The minimum absolute atomic E-state index is 1.03. The largest absolute Gasteiger partial charge is 0.256 e. The summed E-state index contributed by atoms with van der Waals surface area (Å²) in [6, 6.07) is 20.6. The van der Waals surface area contributed by atoms with E-state index in [2.05, 4.69) is 35.3 Å². The van der Waals surface area contributed by atoms with Crippen LogP contribution in [-0.2, 0) is 0 Å². The first kappa shape index (κ1) is 10.7. The second-order valence-electron chi connectivity index (χ2n) is 4.16. The first-order valence-corrected chi connectivity index (χ1v) is 6.00. The van der Waals surface area contributed by atoms with Gasteiger partial charge in [-0.05, 0) is 23.3 Å². The number of nitrogens with zero attached hydrogens (tertiary/aromatic N) is 1. The van der Waals surface area contributed by atoms with Gasteiger partial charge < -0.3 is 0 Å². The molecule has 0 aliphatic carbocycles. The number of para-hydroxylation sites is 1. The molecule has 0 fully saturated rings. The fourth-order valence-electron chi connectivity index (χ4n) is 2.01. The average Bonchev–Trinajstić information content (AvgIpc) is 2.46. The summed E-state index contributed by atoms with van der Waals surface area (Å²) in [7, 11) is 0. The van der Waals surface area contributed by atoms with Crippen molar-refractivity contribution in [1.82, 2.24) is 4.98 Å². The normalized spacial score (nSPS) is 11.1. The molecule has 3 aromatic rings. The van der Waals surface area contributed by atoms with Crippen molar-refractivity contribution in [3.8, 4) is 0 Å². The van der Waals surface area contributed by atoms with Gasteiger partial charge in [0.15, 0.2) is 0 Å². The Morgan fingerprint density at radius 3 is 2.39 bits per heavy atom. The summed E-state index contributed by atoms with van der Waals surface area (Å²) in [6.45, 7) is 0. The molecule has 2 aromatic carbocycles. The molecule has 0 radical (unpaired) electrons. The van der Waals surface area contributed by atoms with Gasteiger partial charge >= 0.3 is 0 Å². The summed E-state index contributed by atoms with van der Waals surface area (Å²) in [6.07, 6.45) is 6.12. The molecule has 0 bridgehead atoms. The second kappa shape index (κ2) is 4.84. The van der Waals surface area contributed by atoms with Crippen LogP contribution in [-0.4, -0.2) is 4.98 Å². The fraction of sp³-hybridized carbons (Fsp3) is 0. The SMILES string of the molecule is C(=C/c1ccnc2ccccc12)/c1ccccc1. The van der Waals surface area contributed by atoms with E-state index in [1.807, 2.05) is 48.7 Å². The van der Waals surface area contributed by atoms with Gasteiger partial charge in [0.05, 0.1) is 5.52 Å². The Bertz CT molecular complexity index is 679. The summed E-state index contributed by atoms with van der Waals surface area (Å²) in [5.41, 5.74) is 3.44. The molecule has 0 saturated heterocycles. The lowest BCUT2D eigenvalue weighted by Gasteiger charge is -2.00. The summed E-state index contributed by atoms with van der Waals surface area (Å²) in [5.74, 6) is 0. The lowest BCUT2D eigenvalue weighted by molar-refractivity contribution is 1.41. The number of benzene rings is 2. The van der Waals surface area contributed by atoms with E-state index in [1.54, 1.807) is 0 Å². The smallest absolute Gasteiger partial charge is 0.0707 e. The highest BCUT2D eigenvalue weighted by atomic mass is 14.6. The molecule has 1 aromatic heterocycles. The van der Waals surface area contributed by atoms with Crippen LogP contribution >= 0.6 is 0 Å². The number of rotatable bonds is 2. The van der Waals surface area contributed by atoms with Crippen molar-refractivity contribution in [2.24, 2.45) is 0 Å². The Hall–Kier alpha value is -2.41. The zero-order valence-electron chi connectivity index (χ0n) is 9.95. The fourth-order valence-corrected chi connectivity index (χ4v) is 2.01. The van der Waals surface area contributed by atoms with E-state index in [0.29, 0.717) is 0 Å². The van der Waals surface area contributed by atoms with Gasteiger partial charge in [0.25, 0.3) is 0 Å². The minimum atomic E-state index is 1.03. The maximum absolute atomic E-state index is 4.36. The first-order chi connectivity index (χ1) is 8.93. The predicted octanol–water partition coefficient (Wildman–Crippen LogP) is 4.41. The van der Waals surface area contributed by atoms with Crippen molar-refractivity contribution in [2.45, 2.75) is 0 Å². The van der Waals surface area contributed by atoms with Crippen molar-refractivity contribution >= 4 is 23.1 Å². The highest BCUT2D eigenvalue weighted by Crippen LogP contribution is 2.18. The lowest BCUT2D eigenvalue weighted by Crippen LogP contribution is -1.81. The van der Waals surface area contributed by atoms with Gasteiger partial charge in [-0.2, -0.15) is 0 Å². The Labute approximate surface area is 106 Å². The lowest BCUT2D eigenvalue weighted by atomic mass is 10.1. The molecule has 0 atom stereocenters. The van der Waals surface area contributed by atoms with Gasteiger partial charge in [-0.25, -0.2) is 0 Å². The van der Waals surface area contributed by atoms with Gasteiger partial charge in [0.1, 0.15) is 0 Å². The van der Waals surface area contributed by atoms with Crippen LogP contribution in [0.5, 0.6) is 0 Å². The molecule has 0 aliphatic rings. The number of pyridine rings is 1. The van der Waals surface area contributed by atoms with Crippen LogP contribution in [0.25, 0.3) is 23.1 Å². The van der Waals surface area contributed by atoms with Crippen LogP contribution in [0.1, 0.15) is 11.1 Å². The third-order valence-electron chi connectivity index (χ3n) is 2.94. The van der Waals surface area contributed by atoms with Crippen LogP contribution in [0, 0.1) is 0 Å². The standard InChI is InChI=1S/C17H13N/c1-2-6-14(7-3-1)10-11-15-12-13-18-17-9-5-4-8-16(15)17/h1-13H/b11-10-. The average molecular weight is 231 g/mol. The van der Waals surface area contributed by atoms with Crippen LogP contribution in [0.4, 0.5) is 0 Å². The molecule has 1 heterocycles. The van der Waals surface area contributed by atoms with E-state index in [9.17, 15) is 0 Å². The van der Waals surface area contributed by atoms with Gasteiger partial charge in [-0.3, -0.25) is 4.98 Å². The van der Waals surface area contributed by atoms with E-state index >= 15 is 0 Å². The van der Waals surface area contributed by atoms with Gasteiger partial charge in [0, 0.05) is 11.6 Å². The molecule has 0 saturated carbocycles. The summed E-state index contributed by atoms with van der Waals surface area (Å²) < 4.78 is 0. The van der Waals surface area contributed by atoms with Crippen molar-refractivity contribution in [3.63, 3.8) is 0 Å². The zero-order valence-corrected chi connectivity index (χ0v) is 9.95. The maximum Gasteiger partial charge on any atom is 0.0707 e. The third kappa shape index (κ3) is 2.16. The molecule has 0 unspecified atom stereocenters. The molecular weight excluding hydrogens is 218 g/mol. The third-order valence-corrected chi connectivity index (χ3v) is 2.94. The molecule has 1 heteroatoms. The topological polar surface area (TPSA) is 12.9 Å². The van der Waals surface area contributed by atoms with Crippen molar-refractivity contribution in [3.05, 3.63) is 78.0 Å². The van der Waals surface area contributed by atoms with E-state index in [0.717, 1.165) is 5.52 Å². The van der Waals surface area contributed by atoms with Gasteiger partial charge in [-0.15, -0.1) is 0 Å². The van der Waals surface area contributed by atoms with Crippen LogP contribution in [0.3, 0.4) is 0 Å². The zero-order chi connectivity index (χ0) is 12.2. The monoisotopic (exact) mass is 231 g/mol.